The van der Waals surface area contributed by atoms with Crippen molar-refractivity contribution in [2.75, 3.05) is 12.4 Å². The van der Waals surface area contributed by atoms with E-state index in [4.69, 9.17) is 4.74 Å². The van der Waals surface area contributed by atoms with Crippen LogP contribution in [0.1, 0.15) is 6.55 Å². The largest absolute Gasteiger partial charge is 0.494 e. The molecule has 2 aromatic heterocycles. The minimum Gasteiger partial charge on any atom is -0.494 e. The zero-order chi connectivity index (χ0) is 22.1. The molecule has 2 aromatic carbocycles. The van der Waals surface area contributed by atoms with E-state index in [9.17, 15) is 23.3 Å². The van der Waals surface area contributed by atoms with Gasteiger partial charge in [0.1, 0.15) is 5.75 Å². The maximum absolute atomic E-state index is 13.9. The minimum atomic E-state index is -2.73. The van der Waals surface area contributed by atoms with E-state index in [1.54, 1.807) is 30.3 Å². The topological polar surface area (TPSA) is 95.1 Å². The summed E-state index contributed by atoms with van der Waals surface area (Å²) >= 11 is 0. The molecule has 0 unspecified atom stereocenters. The van der Waals surface area contributed by atoms with E-state index in [1.165, 1.54) is 19.5 Å². The molecule has 158 valence electrons. The summed E-state index contributed by atoms with van der Waals surface area (Å²) in [6, 6.07) is 10.1. The van der Waals surface area contributed by atoms with E-state index in [2.05, 4.69) is 15.3 Å². The number of nitrogens with one attached hydrogen (secondary N) is 1. The van der Waals surface area contributed by atoms with Crippen LogP contribution < -0.4 is 10.1 Å². The van der Waals surface area contributed by atoms with Gasteiger partial charge in [-0.1, -0.05) is 18.2 Å². The molecular formula is C20H14F3N5O3. The number of benzene rings is 2. The maximum Gasteiger partial charge on any atom is 0.319 e. The minimum absolute atomic E-state index is 0.00593. The summed E-state index contributed by atoms with van der Waals surface area (Å²) in [5.41, 5.74) is 0.473. The Kier molecular flexibility index (Phi) is 5.15. The van der Waals surface area contributed by atoms with E-state index in [0.717, 1.165) is 16.7 Å². The summed E-state index contributed by atoms with van der Waals surface area (Å²) in [4.78, 5) is 18.6. The quantitative estimate of drug-likeness (QED) is 0.330. The third-order valence-corrected chi connectivity index (χ3v) is 4.59. The normalized spacial score (nSPS) is 11.1. The Labute approximate surface area is 173 Å². The molecule has 8 nitrogen and oxygen atoms in total. The lowest BCUT2D eigenvalue weighted by atomic mass is 10.1. The molecule has 11 heteroatoms. The van der Waals surface area contributed by atoms with Crippen molar-refractivity contribution in [3.8, 4) is 17.0 Å². The average molecular weight is 429 g/mol. The lowest BCUT2D eigenvalue weighted by Crippen LogP contribution is -2.02. The van der Waals surface area contributed by atoms with Crippen LogP contribution in [0, 0.1) is 15.9 Å². The van der Waals surface area contributed by atoms with E-state index in [1.807, 2.05) is 0 Å². The predicted octanol–water partition coefficient (Wildman–Crippen LogP) is 5.29. The van der Waals surface area contributed by atoms with Crippen molar-refractivity contribution in [1.82, 2.24) is 14.5 Å². The molecule has 4 aromatic rings. The molecule has 2 heterocycles. The fraction of sp³-hybridized carbons (Fsp3) is 0.100. The maximum atomic E-state index is 13.9. The Morgan fingerprint density at radius 3 is 2.71 bits per heavy atom. The van der Waals surface area contributed by atoms with Crippen LogP contribution in [0.3, 0.4) is 0 Å². The van der Waals surface area contributed by atoms with Crippen molar-refractivity contribution in [2.24, 2.45) is 0 Å². The first-order chi connectivity index (χ1) is 14.9. The molecule has 0 aliphatic carbocycles. The van der Waals surface area contributed by atoms with E-state index in [0.29, 0.717) is 22.2 Å². The van der Waals surface area contributed by atoms with Crippen molar-refractivity contribution in [3.05, 3.63) is 70.8 Å². The highest BCUT2D eigenvalue weighted by molar-refractivity contribution is 5.95. The van der Waals surface area contributed by atoms with Crippen LogP contribution in [0.15, 0.2) is 54.9 Å². The molecule has 1 N–H and O–H groups in total. The molecule has 0 radical (unpaired) electrons. The van der Waals surface area contributed by atoms with Crippen LogP contribution in [0.2, 0.25) is 0 Å². The summed E-state index contributed by atoms with van der Waals surface area (Å²) in [5, 5.41) is 14.4. The van der Waals surface area contributed by atoms with E-state index >= 15 is 0 Å². The molecule has 0 spiro atoms. The molecule has 0 aliphatic heterocycles. The van der Waals surface area contributed by atoms with Crippen LogP contribution in [-0.2, 0) is 0 Å². The number of anilines is 2. The van der Waals surface area contributed by atoms with Crippen molar-refractivity contribution in [2.45, 2.75) is 6.55 Å². The van der Waals surface area contributed by atoms with Crippen molar-refractivity contribution in [3.63, 3.8) is 0 Å². The number of fused-ring (bicyclic) bond motifs is 1. The van der Waals surface area contributed by atoms with Gasteiger partial charge in [-0.25, -0.2) is 9.97 Å². The molecule has 0 aliphatic rings. The number of nitro benzene ring substituents is 1. The molecule has 0 saturated carbocycles. The van der Waals surface area contributed by atoms with Crippen LogP contribution in [0.4, 0.5) is 30.5 Å². The SMILES string of the molecule is COc1cc(F)c([N+](=O)[O-])cc1Nc1nccc(-c2cn(C(F)F)c3ccccc23)n1. The van der Waals surface area contributed by atoms with Crippen molar-refractivity contribution >= 4 is 28.2 Å². The molecule has 4 rings (SSSR count). The number of hydrogen-bond acceptors (Lipinski definition) is 6. The van der Waals surface area contributed by atoms with Gasteiger partial charge in [-0.3, -0.25) is 14.7 Å². The van der Waals surface area contributed by atoms with Gasteiger partial charge in [0.15, 0.2) is 0 Å². The number of nitrogens with zero attached hydrogens (tertiary/aromatic N) is 4. The van der Waals surface area contributed by atoms with Crippen LogP contribution in [0.25, 0.3) is 22.2 Å². The van der Waals surface area contributed by atoms with Gasteiger partial charge in [-0.2, -0.15) is 13.2 Å². The number of rotatable bonds is 6. The molecular weight excluding hydrogens is 415 g/mol. The zero-order valence-electron chi connectivity index (χ0n) is 15.9. The first kappa shape index (κ1) is 20.1. The number of alkyl halides is 2. The highest BCUT2D eigenvalue weighted by atomic mass is 19.3. The summed E-state index contributed by atoms with van der Waals surface area (Å²) in [6.45, 7) is -2.73. The summed E-state index contributed by atoms with van der Waals surface area (Å²) < 4.78 is 46.6. The number of halogens is 3. The lowest BCUT2D eigenvalue weighted by Gasteiger charge is -2.11. The zero-order valence-corrected chi connectivity index (χ0v) is 15.9. The first-order valence-corrected chi connectivity index (χ1v) is 8.89. The monoisotopic (exact) mass is 429 g/mol. The van der Waals surface area contributed by atoms with Crippen LogP contribution in [0.5, 0.6) is 5.75 Å². The average Bonchev–Trinajstić information content (AvgIpc) is 3.15. The van der Waals surface area contributed by atoms with Gasteiger partial charge in [0.2, 0.25) is 11.8 Å². The molecule has 0 amide bonds. The summed E-state index contributed by atoms with van der Waals surface area (Å²) in [5.74, 6) is -1.03. The Bertz CT molecular complexity index is 1290. The molecule has 0 fully saturated rings. The predicted molar refractivity (Wildman–Crippen MR) is 107 cm³/mol. The summed E-state index contributed by atoms with van der Waals surface area (Å²) in [7, 11) is 1.28. The third kappa shape index (κ3) is 3.72. The van der Waals surface area contributed by atoms with Gasteiger partial charge >= 0.3 is 12.2 Å². The highest BCUT2D eigenvalue weighted by Crippen LogP contribution is 2.35. The molecule has 0 saturated heterocycles. The third-order valence-electron chi connectivity index (χ3n) is 4.59. The fourth-order valence-electron chi connectivity index (χ4n) is 3.21. The number of aromatic nitrogens is 3. The van der Waals surface area contributed by atoms with Crippen molar-refractivity contribution in [1.29, 1.82) is 0 Å². The second-order valence-corrected chi connectivity index (χ2v) is 6.40. The fourth-order valence-corrected chi connectivity index (χ4v) is 3.21. The number of methoxy groups -OCH3 is 1. The van der Waals surface area contributed by atoms with Gasteiger partial charge in [0.25, 0.3) is 0 Å². The number of hydrogen-bond donors (Lipinski definition) is 1. The number of para-hydroxylation sites is 1. The highest BCUT2D eigenvalue weighted by Gasteiger charge is 2.20. The van der Waals surface area contributed by atoms with Gasteiger partial charge in [0.05, 0.1) is 28.9 Å². The van der Waals surface area contributed by atoms with Gasteiger partial charge in [-0.15, -0.1) is 0 Å². The number of ether oxygens (including phenoxy) is 1. The summed E-state index contributed by atoms with van der Waals surface area (Å²) in [6.07, 6.45) is 2.70. The molecule has 31 heavy (non-hydrogen) atoms. The second-order valence-electron chi connectivity index (χ2n) is 6.40. The smallest absolute Gasteiger partial charge is 0.319 e. The Balaban J connectivity index is 1.77. The van der Waals surface area contributed by atoms with E-state index < -0.39 is 23.0 Å². The Hall–Kier alpha value is -4.15. The Morgan fingerprint density at radius 2 is 2.00 bits per heavy atom. The number of nitro groups is 1. The van der Waals surface area contributed by atoms with Gasteiger partial charge < -0.3 is 10.1 Å². The van der Waals surface area contributed by atoms with Gasteiger partial charge in [0, 0.05) is 35.5 Å². The van der Waals surface area contributed by atoms with Crippen LogP contribution >= 0.6 is 0 Å². The molecule has 0 bridgehead atoms. The lowest BCUT2D eigenvalue weighted by molar-refractivity contribution is -0.387. The first-order valence-electron chi connectivity index (χ1n) is 8.89. The van der Waals surface area contributed by atoms with Crippen LogP contribution in [-0.4, -0.2) is 26.6 Å². The Morgan fingerprint density at radius 1 is 1.23 bits per heavy atom. The standard InChI is InChI=1S/C20H14F3N5O3/c1-31-18-8-13(21)17(28(29)30)9-15(18)26-20-24-7-6-14(25-20)12-10-27(19(22)23)16-5-3-2-4-11(12)16/h2-10,19H,1H3,(H,24,25,26). The van der Waals surface area contributed by atoms with E-state index in [-0.39, 0.29) is 17.4 Å². The second kappa shape index (κ2) is 7.94. The van der Waals surface area contributed by atoms with Crippen molar-refractivity contribution < 1.29 is 22.8 Å². The van der Waals surface area contributed by atoms with Gasteiger partial charge in [-0.05, 0) is 12.1 Å². The molecule has 0 atom stereocenters.